The summed E-state index contributed by atoms with van der Waals surface area (Å²) in [4.78, 5) is 2.45. The monoisotopic (exact) mass is 233 g/mol. The normalized spacial score (nSPS) is 22.4. The number of rotatable bonds is 3. The summed E-state index contributed by atoms with van der Waals surface area (Å²) in [6.45, 7) is 4.54. The van der Waals surface area contributed by atoms with Gasteiger partial charge in [0.05, 0.1) is 6.61 Å². The van der Waals surface area contributed by atoms with E-state index in [0.29, 0.717) is 12.6 Å². The van der Waals surface area contributed by atoms with Crippen LogP contribution in [0.1, 0.15) is 36.8 Å². The fourth-order valence-electron chi connectivity index (χ4n) is 2.70. The molecule has 2 heteroatoms. The van der Waals surface area contributed by atoms with Gasteiger partial charge < -0.3 is 5.11 Å². The van der Waals surface area contributed by atoms with Crippen LogP contribution < -0.4 is 0 Å². The predicted molar refractivity (Wildman–Crippen MR) is 70.9 cm³/mol. The summed E-state index contributed by atoms with van der Waals surface area (Å²) in [6.07, 6.45) is 4.97. The standard InChI is InChI=1S/C15H23NO/c1-13-6-5-7-14(10-13)11-16-9-4-2-3-8-15(16)12-17/h5-7,10,15,17H,2-4,8-9,11-12H2,1H3. The maximum atomic E-state index is 9.48. The molecule has 1 unspecified atom stereocenters. The molecule has 1 N–H and O–H groups in total. The lowest BCUT2D eigenvalue weighted by Gasteiger charge is -2.28. The van der Waals surface area contributed by atoms with Crippen molar-refractivity contribution in [1.29, 1.82) is 0 Å². The Hall–Kier alpha value is -0.860. The van der Waals surface area contributed by atoms with Gasteiger partial charge >= 0.3 is 0 Å². The number of aliphatic hydroxyl groups is 1. The minimum absolute atomic E-state index is 0.297. The van der Waals surface area contributed by atoms with Crippen molar-refractivity contribution in [2.45, 2.75) is 45.2 Å². The summed E-state index contributed by atoms with van der Waals surface area (Å²) in [5.74, 6) is 0. The molecular formula is C15H23NO. The van der Waals surface area contributed by atoms with Gasteiger partial charge in [-0.25, -0.2) is 0 Å². The summed E-state index contributed by atoms with van der Waals surface area (Å²) in [7, 11) is 0. The molecule has 1 aliphatic rings. The van der Waals surface area contributed by atoms with Crippen LogP contribution in [0, 0.1) is 6.92 Å². The van der Waals surface area contributed by atoms with E-state index in [9.17, 15) is 5.11 Å². The Kier molecular flexibility index (Phi) is 4.57. The number of hydrogen-bond donors (Lipinski definition) is 1. The SMILES string of the molecule is Cc1cccc(CN2CCCCCC2CO)c1. The summed E-state index contributed by atoms with van der Waals surface area (Å²) >= 11 is 0. The second-order valence-electron chi connectivity index (χ2n) is 5.15. The van der Waals surface area contributed by atoms with Gasteiger partial charge in [-0.05, 0) is 31.9 Å². The molecule has 94 valence electrons. The van der Waals surface area contributed by atoms with E-state index in [2.05, 4.69) is 36.1 Å². The van der Waals surface area contributed by atoms with Crippen LogP contribution in [0.25, 0.3) is 0 Å². The molecule has 1 atom stereocenters. The number of likely N-dealkylation sites (tertiary alicyclic amines) is 1. The highest BCUT2D eigenvalue weighted by atomic mass is 16.3. The van der Waals surface area contributed by atoms with Crippen LogP contribution in [0.4, 0.5) is 0 Å². The first-order valence-electron chi connectivity index (χ1n) is 6.70. The molecule has 2 nitrogen and oxygen atoms in total. The van der Waals surface area contributed by atoms with Gasteiger partial charge in [-0.2, -0.15) is 0 Å². The molecule has 1 aliphatic heterocycles. The van der Waals surface area contributed by atoms with E-state index in [1.165, 1.54) is 30.4 Å². The zero-order valence-electron chi connectivity index (χ0n) is 10.7. The lowest BCUT2D eigenvalue weighted by molar-refractivity contribution is 0.118. The average molecular weight is 233 g/mol. The van der Waals surface area contributed by atoms with Crippen molar-refractivity contribution in [2.24, 2.45) is 0 Å². The molecule has 1 aromatic carbocycles. The van der Waals surface area contributed by atoms with Crippen LogP contribution in [0.5, 0.6) is 0 Å². The first-order chi connectivity index (χ1) is 8.29. The Morgan fingerprint density at radius 2 is 2.18 bits per heavy atom. The molecular weight excluding hydrogens is 210 g/mol. The number of hydrogen-bond acceptors (Lipinski definition) is 2. The topological polar surface area (TPSA) is 23.5 Å². The fourth-order valence-corrected chi connectivity index (χ4v) is 2.70. The third-order valence-electron chi connectivity index (χ3n) is 3.68. The van der Waals surface area contributed by atoms with Crippen LogP contribution in [-0.4, -0.2) is 29.2 Å². The van der Waals surface area contributed by atoms with Gasteiger partial charge in [-0.1, -0.05) is 42.7 Å². The third-order valence-corrected chi connectivity index (χ3v) is 3.68. The third kappa shape index (κ3) is 3.55. The van der Waals surface area contributed by atoms with Crippen molar-refractivity contribution in [1.82, 2.24) is 4.90 Å². The van der Waals surface area contributed by atoms with Crippen LogP contribution in [-0.2, 0) is 6.54 Å². The number of nitrogens with zero attached hydrogens (tertiary/aromatic N) is 1. The Bertz CT molecular complexity index is 351. The fraction of sp³-hybridized carbons (Fsp3) is 0.600. The van der Waals surface area contributed by atoms with E-state index in [4.69, 9.17) is 0 Å². The molecule has 2 rings (SSSR count). The van der Waals surface area contributed by atoms with Crippen molar-refractivity contribution >= 4 is 0 Å². The Labute approximate surface area is 104 Å². The van der Waals surface area contributed by atoms with Crippen molar-refractivity contribution < 1.29 is 5.11 Å². The zero-order chi connectivity index (χ0) is 12.1. The second-order valence-corrected chi connectivity index (χ2v) is 5.15. The Morgan fingerprint density at radius 3 is 2.94 bits per heavy atom. The number of aliphatic hydroxyl groups excluding tert-OH is 1. The van der Waals surface area contributed by atoms with Gasteiger partial charge in [0.15, 0.2) is 0 Å². The van der Waals surface area contributed by atoms with Gasteiger partial charge in [-0.15, -0.1) is 0 Å². The highest BCUT2D eigenvalue weighted by Crippen LogP contribution is 2.19. The lowest BCUT2D eigenvalue weighted by atomic mass is 10.1. The number of benzene rings is 1. The Morgan fingerprint density at radius 1 is 1.29 bits per heavy atom. The molecule has 1 heterocycles. The Balaban J connectivity index is 2.04. The van der Waals surface area contributed by atoms with Gasteiger partial charge in [0, 0.05) is 12.6 Å². The van der Waals surface area contributed by atoms with Crippen LogP contribution in [0.15, 0.2) is 24.3 Å². The van der Waals surface area contributed by atoms with Crippen molar-refractivity contribution in [3.63, 3.8) is 0 Å². The summed E-state index contributed by atoms with van der Waals surface area (Å²) in [5, 5.41) is 9.48. The molecule has 1 saturated heterocycles. The molecule has 0 amide bonds. The van der Waals surface area contributed by atoms with Crippen molar-refractivity contribution in [3.8, 4) is 0 Å². The smallest absolute Gasteiger partial charge is 0.0586 e. The van der Waals surface area contributed by atoms with E-state index in [1.54, 1.807) is 0 Å². The largest absolute Gasteiger partial charge is 0.395 e. The van der Waals surface area contributed by atoms with E-state index in [0.717, 1.165) is 19.5 Å². The first kappa shape index (κ1) is 12.6. The second kappa shape index (κ2) is 6.18. The maximum Gasteiger partial charge on any atom is 0.0586 e. The van der Waals surface area contributed by atoms with E-state index in [1.807, 2.05) is 0 Å². The molecule has 0 aromatic heterocycles. The molecule has 17 heavy (non-hydrogen) atoms. The minimum Gasteiger partial charge on any atom is -0.395 e. The minimum atomic E-state index is 0.297. The zero-order valence-corrected chi connectivity index (χ0v) is 10.7. The van der Waals surface area contributed by atoms with Crippen LogP contribution >= 0.6 is 0 Å². The number of aryl methyl sites for hydroxylation is 1. The van der Waals surface area contributed by atoms with Crippen LogP contribution in [0.3, 0.4) is 0 Å². The summed E-state index contributed by atoms with van der Waals surface area (Å²) in [6, 6.07) is 9.05. The average Bonchev–Trinajstić information content (AvgIpc) is 2.54. The van der Waals surface area contributed by atoms with E-state index in [-0.39, 0.29) is 0 Å². The van der Waals surface area contributed by atoms with E-state index < -0.39 is 0 Å². The quantitative estimate of drug-likeness (QED) is 0.867. The molecule has 0 radical (unpaired) electrons. The van der Waals surface area contributed by atoms with E-state index >= 15 is 0 Å². The molecule has 0 spiro atoms. The highest BCUT2D eigenvalue weighted by molar-refractivity contribution is 5.22. The molecule has 1 fully saturated rings. The van der Waals surface area contributed by atoms with Gasteiger partial charge in [0.25, 0.3) is 0 Å². The van der Waals surface area contributed by atoms with Gasteiger partial charge in [0.2, 0.25) is 0 Å². The maximum absolute atomic E-state index is 9.48. The lowest BCUT2D eigenvalue weighted by Crippen LogP contribution is -2.36. The molecule has 1 aromatic rings. The summed E-state index contributed by atoms with van der Waals surface area (Å²) < 4.78 is 0. The van der Waals surface area contributed by atoms with Crippen molar-refractivity contribution in [2.75, 3.05) is 13.2 Å². The summed E-state index contributed by atoms with van der Waals surface area (Å²) in [5.41, 5.74) is 2.68. The molecule has 0 aliphatic carbocycles. The molecule has 0 bridgehead atoms. The van der Waals surface area contributed by atoms with Crippen molar-refractivity contribution in [3.05, 3.63) is 35.4 Å². The van der Waals surface area contributed by atoms with Gasteiger partial charge in [-0.3, -0.25) is 4.90 Å². The highest BCUT2D eigenvalue weighted by Gasteiger charge is 2.19. The molecule has 0 saturated carbocycles. The predicted octanol–water partition coefficient (Wildman–Crippen LogP) is 2.73. The first-order valence-corrected chi connectivity index (χ1v) is 6.70. The van der Waals surface area contributed by atoms with Gasteiger partial charge in [0.1, 0.15) is 0 Å². The van der Waals surface area contributed by atoms with Crippen LogP contribution in [0.2, 0.25) is 0 Å².